The first-order valence-corrected chi connectivity index (χ1v) is 11.8. The van der Waals surface area contributed by atoms with E-state index >= 15 is 0 Å². The van der Waals surface area contributed by atoms with Crippen molar-refractivity contribution in [2.24, 2.45) is 12.0 Å². The van der Waals surface area contributed by atoms with Crippen LogP contribution in [0.2, 0.25) is 0 Å². The number of benzene rings is 1. The number of halogens is 2. The summed E-state index contributed by atoms with van der Waals surface area (Å²) < 4.78 is 14.9. The minimum Gasteiger partial charge on any atom is -0.356 e. The van der Waals surface area contributed by atoms with Gasteiger partial charge in [0.2, 0.25) is 0 Å². The Kier molecular flexibility index (Phi) is 11.3. The molecule has 0 saturated carbocycles. The van der Waals surface area contributed by atoms with Gasteiger partial charge in [-0.25, -0.2) is 9.38 Å². The minimum atomic E-state index is -0.200. The smallest absolute Gasteiger partial charge is 0.191 e. The average molecular weight is 575 g/mol. The topological polar surface area (TPSA) is 67.1 Å². The van der Waals surface area contributed by atoms with Gasteiger partial charge in [0.05, 0.1) is 0 Å². The first-order valence-electron chi connectivity index (χ1n) is 9.89. The molecule has 0 fully saturated rings. The Hall–Kier alpha value is -1.66. The molecule has 0 unspecified atom stereocenters. The number of nitrogens with one attached hydrogen (secondary N) is 2. The summed E-state index contributed by atoms with van der Waals surface area (Å²) in [6.07, 6.45) is 1.93. The molecule has 31 heavy (non-hydrogen) atoms. The zero-order valence-electron chi connectivity index (χ0n) is 17.7. The van der Waals surface area contributed by atoms with E-state index in [2.05, 4.69) is 43.3 Å². The number of aliphatic imine (C=N–C) groups is 1. The van der Waals surface area contributed by atoms with Crippen LogP contribution >= 0.6 is 47.1 Å². The van der Waals surface area contributed by atoms with E-state index in [9.17, 15) is 4.39 Å². The fraction of sp³-hybridized carbons (Fsp3) is 0.381. The van der Waals surface area contributed by atoms with E-state index in [0.717, 1.165) is 54.2 Å². The van der Waals surface area contributed by atoms with Gasteiger partial charge in [-0.3, -0.25) is 0 Å². The van der Waals surface area contributed by atoms with Crippen LogP contribution in [0.15, 0.2) is 51.7 Å². The first-order chi connectivity index (χ1) is 14.6. The summed E-state index contributed by atoms with van der Waals surface area (Å²) in [6, 6.07) is 10.8. The van der Waals surface area contributed by atoms with E-state index < -0.39 is 0 Å². The Morgan fingerprint density at radius 2 is 1.94 bits per heavy atom. The zero-order chi connectivity index (χ0) is 21.2. The maximum absolute atomic E-state index is 13.0. The van der Waals surface area contributed by atoms with Gasteiger partial charge in [-0.05, 0) is 61.2 Å². The number of nitrogens with zero attached hydrogens (tertiary/aromatic N) is 4. The van der Waals surface area contributed by atoms with Gasteiger partial charge in [-0.2, -0.15) is 0 Å². The molecule has 0 bridgehead atoms. The van der Waals surface area contributed by atoms with Crippen LogP contribution < -0.4 is 10.6 Å². The van der Waals surface area contributed by atoms with Crippen molar-refractivity contribution in [2.45, 2.75) is 31.2 Å². The second kappa shape index (κ2) is 13.7. The molecular weight excluding hydrogens is 546 g/mol. The quantitative estimate of drug-likeness (QED) is 0.124. The van der Waals surface area contributed by atoms with Gasteiger partial charge in [-0.1, -0.05) is 6.07 Å². The number of hydrogen-bond donors (Lipinski definition) is 2. The third-order valence-electron chi connectivity index (χ3n) is 4.50. The molecule has 0 amide bonds. The van der Waals surface area contributed by atoms with Crippen molar-refractivity contribution in [3.63, 3.8) is 0 Å². The lowest BCUT2D eigenvalue weighted by Crippen LogP contribution is -2.39. The highest BCUT2D eigenvalue weighted by Crippen LogP contribution is 2.18. The summed E-state index contributed by atoms with van der Waals surface area (Å²) in [5.41, 5.74) is 0. The third-order valence-corrected chi connectivity index (χ3v) is 6.54. The van der Waals surface area contributed by atoms with Crippen LogP contribution in [0.25, 0.3) is 0 Å². The number of aromatic nitrogens is 3. The summed E-state index contributed by atoms with van der Waals surface area (Å²) in [4.78, 5) is 7.11. The molecule has 0 aliphatic rings. The second-order valence-electron chi connectivity index (χ2n) is 6.73. The highest BCUT2D eigenvalue weighted by molar-refractivity contribution is 14.0. The molecule has 0 spiro atoms. The van der Waals surface area contributed by atoms with Crippen molar-refractivity contribution < 1.29 is 4.39 Å². The number of hydrogen-bond acceptors (Lipinski definition) is 5. The van der Waals surface area contributed by atoms with Gasteiger partial charge in [-0.15, -0.1) is 57.3 Å². The molecule has 2 N–H and O–H groups in total. The van der Waals surface area contributed by atoms with Crippen molar-refractivity contribution >= 4 is 53.0 Å². The normalized spacial score (nSPS) is 11.3. The lowest BCUT2D eigenvalue weighted by atomic mass is 10.3. The van der Waals surface area contributed by atoms with Gasteiger partial charge in [0.15, 0.2) is 11.8 Å². The Labute approximate surface area is 208 Å². The molecule has 0 atom stereocenters. The molecule has 6 nitrogen and oxygen atoms in total. The Balaban J connectivity index is 0.00000341. The van der Waals surface area contributed by atoms with E-state index in [0.29, 0.717) is 6.54 Å². The minimum absolute atomic E-state index is 0. The van der Waals surface area contributed by atoms with Crippen molar-refractivity contribution in [3.8, 4) is 0 Å². The van der Waals surface area contributed by atoms with Crippen LogP contribution in [0.3, 0.4) is 0 Å². The Morgan fingerprint density at radius 3 is 2.61 bits per heavy atom. The maximum Gasteiger partial charge on any atom is 0.191 e. The monoisotopic (exact) mass is 574 g/mol. The predicted octanol–water partition coefficient (Wildman–Crippen LogP) is 4.40. The number of aryl methyl sites for hydroxylation is 1. The van der Waals surface area contributed by atoms with E-state index in [1.54, 1.807) is 23.1 Å². The van der Waals surface area contributed by atoms with Crippen molar-refractivity contribution in [3.05, 3.63) is 64.1 Å². The fourth-order valence-corrected chi connectivity index (χ4v) is 4.23. The Bertz CT molecular complexity index is 928. The van der Waals surface area contributed by atoms with Crippen LogP contribution in [0.4, 0.5) is 4.39 Å². The Morgan fingerprint density at radius 1 is 1.16 bits per heavy atom. The highest BCUT2D eigenvalue weighted by atomic mass is 127. The summed E-state index contributed by atoms with van der Waals surface area (Å²) in [5.74, 6) is 3.23. The lowest BCUT2D eigenvalue weighted by molar-refractivity contribution is 0.626. The van der Waals surface area contributed by atoms with Crippen LogP contribution in [-0.4, -0.2) is 39.6 Å². The zero-order valence-corrected chi connectivity index (χ0v) is 21.6. The molecule has 3 rings (SSSR count). The average Bonchev–Trinajstić information content (AvgIpc) is 3.37. The maximum atomic E-state index is 13.0. The number of rotatable bonds is 10. The lowest BCUT2D eigenvalue weighted by Gasteiger charge is -2.12. The molecule has 10 heteroatoms. The van der Waals surface area contributed by atoms with Crippen molar-refractivity contribution in [2.75, 3.05) is 18.8 Å². The predicted molar refractivity (Wildman–Crippen MR) is 138 cm³/mol. The van der Waals surface area contributed by atoms with E-state index in [4.69, 9.17) is 0 Å². The first kappa shape index (κ1) is 25.6. The third kappa shape index (κ3) is 8.77. The van der Waals surface area contributed by atoms with Gasteiger partial charge >= 0.3 is 0 Å². The van der Waals surface area contributed by atoms with Gasteiger partial charge in [0.25, 0.3) is 0 Å². The summed E-state index contributed by atoms with van der Waals surface area (Å²) in [5, 5.41) is 17.2. The molecular formula is C21H28FIN6S2. The largest absolute Gasteiger partial charge is 0.356 e. The second-order valence-corrected chi connectivity index (χ2v) is 8.93. The van der Waals surface area contributed by atoms with Gasteiger partial charge in [0.1, 0.15) is 18.2 Å². The van der Waals surface area contributed by atoms with E-state index in [1.807, 2.05) is 30.7 Å². The molecule has 2 aromatic heterocycles. The molecule has 0 aliphatic heterocycles. The number of guanidine groups is 1. The number of thioether (sulfide) groups is 1. The molecule has 3 aromatic rings. The van der Waals surface area contributed by atoms with Crippen LogP contribution in [0.1, 0.15) is 22.9 Å². The molecule has 168 valence electrons. The van der Waals surface area contributed by atoms with Gasteiger partial charge < -0.3 is 15.2 Å². The van der Waals surface area contributed by atoms with Crippen molar-refractivity contribution in [1.29, 1.82) is 0 Å². The number of thiophene rings is 1. The summed E-state index contributed by atoms with van der Waals surface area (Å²) in [6.45, 7) is 4.01. The van der Waals surface area contributed by atoms with E-state index in [-0.39, 0.29) is 29.8 Å². The molecule has 0 aliphatic carbocycles. The van der Waals surface area contributed by atoms with Crippen LogP contribution in [0, 0.1) is 12.7 Å². The summed E-state index contributed by atoms with van der Waals surface area (Å²) >= 11 is 3.49. The summed E-state index contributed by atoms with van der Waals surface area (Å²) in [7, 11) is 1.95. The molecule has 1 aromatic carbocycles. The SMILES string of the molecule is Cc1nnc(CN=C(NCCCSc2ccc(F)cc2)NCCc2cccs2)n1C.I. The van der Waals surface area contributed by atoms with E-state index in [1.165, 1.54) is 17.0 Å². The standard InChI is InChI=1S/C21H27FN6S2.HI/c1-16-26-27-20(28(16)2)15-25-21(24-12-10-18-5-3-13-29-18)23-11-4-14-30-19-8-6-17(22)7-9-19;/h3,5-9,13H,4,10-12,14-15H2,1-2H3,(H2,23,24,25);1H. The van der Waals surface area contributed by atoms with Crippen LogP contribution in [-0.2, 0) is 20.0 Å². The molecule has 2 heterocycles. The van der Waals surface area contributed by atoms with Crippen LogP contribution in [0.5, 0.6) is 0 Å². The highest BCUT2D eigenvalue weighted by Gasteiger charge is 2.05. The van der Waals surface area contributed by atoms with Gasteiger partial charge in [0, 0.05) is 29.9 Å². The molecule has 0 saturated heterocycles. The van der Waals surface area contributed by atoms with Crippen molar-refractivity contribution in [1.82, 2.24) is 25.4 Å². The fourth-order valence-electron chi connectivity index (χ4n) is 2.67. The molecule has 0 radical (unpaired) electrons.